The summed E-state index contributed by atoms with van der Waals surface area (Å²) in [7, 11) is 0. The average Bonchev–Trinajstić information content (AvgIpc) is 2.77. The second kappa shape index (κ2) is 10.9. The van der Waals surface area contributed by atoms with Crippen LogP contribution in [0.2, 0.25) is 0 Å². The molecular formula is C26H26N2O4. The predicted octanol–water partition coefficient (Wildman–Crippen LogP) is 4.93. The normalized spacial score (nSPS) is 10.3. The third-order valence-corrected chi connectivity index (χ3v) is 4.69. The fourth-order valence-corrected chi connectivity index (χ4v) is 3.37. The summed E-state index contributed by atoms with van der Waals surface area (Å²) in [5, 5.41) is 2.71. The zero-order valence-corrected chi connectivity index (χ0v) is 18.2. The van der Waals surface area contributed by atoms with Crippen molar-refractivity contribution >= 4 is 34.8 Å². The van der Waals surface area contributed by atoms with E-state index in [1.54, 1.807) is 4.90 Å². The van der Waals surface area contributed by atoms with Crippen molar-refractivity contribution in [2.45, 2.75) is 26.7 Å². The van der Waals surface area contributed by atoms with E-state index in [1.807, 2.05) is 92.7 Å². The average molecular weight is 431 g/mol. The third-order valence-electron chi connectivity index (χ3n) is 4.69. The molecule has 0 fully saturated rings. The Morgan fingerprint density at radius 2 is 1.31 bits per heavy atom. The Morgan fingerprint density at radius 3 is 1.84 bits per heavy atom. The molecule has 3 aromatic carbocycles. The number of aryl methyl sites for hydroxylation is 2. The summed E-state index contributed by atoms with van der Waals surface area (Å²) >= 11 is 0. The lowest BCUT2D eigenvalue weighted by atomic mass is 10.1. The quantitative estimate of drug-likeness (QED) is 0.514. The van der Waals surface area contributed by atoms with Gasteiger partial charge in [-0.15, -0.1) is 0 Å². The zero-order valence-electron chi connectivity index (χ0n) is 18.2. The van der Waals surface area contributed by atoms with Gasteiger partial charge < -0.3 is 10.1 Å². The summed E-state index contributed by atoms with van der Waals surface area (Å²) < 4.78 is 5.06. The van der Waals surface area contributed by atoms with Gasteiger partial charge in [-0.2, -0.15) is 0 Å². The van der Waals surface area contributed by atoms with Gasteiger partial charge in [-0.1, -0.05) is 42.5 Å². The van der Waals surface area contributed by atoms with E-state index in [9.17, 15) is 14.4 Å². The number of nitrogens with one attached hydrogen (secondary N) is 1. The first kappa shape index (κ1) is 22.7. The van der Waals surface area contributed by atoms with Crippen LogP contribution < -0.4 is 10.2 Å². The van der Waals surface area contributed by atoms with Gasteiger partial charge in [0.25, 0.3) is 5.91 Å². The molecule has 0 heterocycles. The van der Waals surface area contributed by atoms with E-state index in [0.29, 0.717) is 17.1 Å². The van der Waals surface area contributed by atoms with Crippen LogP contribution in [0.5, 0.6) is 0 Å². The Hall–Kier alpha value is -3.93. The van der Waals surface area contributed by atoms with Gasteiger partial charge in [0.2, 0.25) is 5.91 Å². The molecule has 32 heavy (non-hydrogen) atoms. The number of benzene rings is 3. The topological polar surface area (TPSA) is 75.7 Å². The van der Waals surface area contributed by atoms with Gasteiger partial charge in [-0.05, 0) is 61.4 Å². The molecule has 0 saturated heterocycles. The number of hydrogen-bond donors (Lipinski definition) is 1. The van der Waals surface area contributed by atoms with Gasteiger partial charge in [0.15, 0.2) is 6.61 Å². The van der Waals surface area contributed by atoms with Crippen molar-refractivity contribution < 1.29 is 19.1 Å². The van der Waals surface area contributed by atoms with Crippen LogP contribution in [0.25, 0.3) is 0 Å². The summed E-state index contributed by atoms with van der Waals surface area (Å²) in [6.07, 6.45) is -0.160. The Kier molecular flexibility index (Phi) is 7.75. The molecular weight excluding hydrogens is 404 g/mol. The number of hydrogen-bond acceptors (Lipinski definition) is 4. The van der Waals surface area contributed by atoms with Crippen molar-refractivity contribution in [2.75, 3.05) is 16.8 Å². The van der Waals surface area contributed by atoms with Gasteiger partial charge in [0, 0.05) is 23.5 Å². The van der Waals surface area contributed by atoms with Crippen LogP contribution in [0.3, 0.4) is 0 Å². The molecule has 0 aliphatic rings. The van der Waals surface area contributed by atoms with E-state index in [4.69, 9.17) is 4.74 Å². The van der Waals surface area contributed by atoms with Crippen molar-refractivity contribution in [2.24, 2.45) is 0 Å². The maximum atomic E-state index is 12.9. The van der Waals surface area contributed by atoms with Gasteiger partial charge in [0.05, 0.1) is 6.42 Å². The fraction of sp³-hybridized carbons (Fsp3) is 0.192. The van der Waals surface area contributed by atoms with Gasteiger partial charge in [0.1, 0.15) is 0 Å². The minimum atomic E-state index is -0.602. The van der Waals surface area contributed by atoms with E-state index in [1.165, 1.54) is 0 Å². The molecule has 0 atom stereocenters. The lowest BCUT2D eigenvalue weighted by Crippen LogP contribution is -2.27. The van der Waals surface area contributed by atoms with E-state index in [2.05, 4.69) is 5.32 Å². The maximum Gasteiger partial charge on any atom is 0.306 e. The smallest absolute Gasteiger partial charge is 0.306 e. The van der Waals surface area contributed by atoms with Gasteiger partial charge in [-0.3, -0.25) is 19.3 Å². The molecule has 3 rings (SSSR count). The molecule has 164 valence electrons. The Balaban J connectivity index is 1.53. The second-order valence-corrected chi connectivity index (χ2v) is 7.49. The summed E-state index contributed by atoms with van der Waals surface area (Å²) in [4.78, 5) is 38.7. The number of carbonyl (C=O) groups is 3. The molecule has 0 aliphatic carbocycles. The van der Waals surface area contributed by atoms with E-state index < -0.39 is 18.5 Å². The van der Waals surface area contributed by atoms with Crippen LogP contribution in [0, 0.1) is 13.8 Å². The number of anilines is 3. The Bertz CT molecular complexity index is 1020. The molecule has 1 N–H and O–H groups in total. The molecule has 0 aliphatic heterocycles. The largest absolute Gasteiger partial charge is 0.456 e. The molecule has 0 radical (unpaired) electrons. The van der Waals surface area contributed by atoms with Crippen molar-refractivity contribution in [3.63, 3.8) is 0 Å². The molecule has 3 aromatic rings. The monoisotopic (exact) mass is 430 g/mol. The molecule has 0 unspecified atom stereocenters. The van der Waals surface area contributed by atoms with Crippen molar-refractivity contribution in [1.29, 1.82) is 0 Å². The van der Waals surface area contributed by atoms with Gasteiger partial charge in [-0.25, -0.2) is 0 Å². The fourth-order valence-electron chi connectivity index (χ4n) is 3.37. The molecule has 0 bridgehead atoms. The zero-order chi connectivity index (χ0) is 22.9. The number of rotatable bonds is 8. The molecule has 2 amide bonds. The van der Waals surface area contributed by atoms with Crippen molar-refractivity contribution in [3.8, 4) is 0 Å². The number of ether oxygens (including phenoxy) is 1. The molecule has 0 spiro atoms. The van der Waals surface area contributed by atoms with E-state index in [0.717, 1.165) is 11.1 Å². The van der Waals surface area contributed by atoms with Crippen LogP contribution >= 0.6 is 0 Å². The van der Waals surface area contributed by atoms with E-state index in [-0.39, 0.29) is 18.7 Å². The summed E-state index contributed by atoms with van der Waals surface area (Å²) in [5.74, 6) is -1.26. The number of esters is 1. The van der Waals surface area contributed by atoms with Gasteiger partial charge >= 0.3 is 5.97 Å². The van der Waals surface area contributed by atoms with Crippen LogP contribution in [-0.2, 0) is 19.1 Å². The SMILES string of the molecule is Cc1cc(C)cc(NC(=O)COC(=O)CCC(=O)N(c2ccccc2)c2ccccc2)c1. The lowest BCUT2D eigenvalue weighted by Gasteiger charge is -2.23. The summed E-state index contributed by atoms with van der Waals surface area (Å²) in [6.45, 7) is 3.48. The molecule has 0 aromatic heterocycles. The molecule has 0 saturated carbocycles. The van der Waals surface area contributed by atoms with Crippen LogP contribution in [0.1, 0.15) is 24.0 Å². The minimum Gasteiger partial charge on any atom is -0.456 e. The number of nitrogens with zero attached hydrogens (tertiary/aromatic N) is 1. The highest BCUT2D eigenvalue weighted by Gasteiger charge is 2.19. The predicted molar refractivity (Wildman–Crippen MR) is 125 cm³/mol. The number of amides is 2. The summed E-state index contributed by atoms with van der Waals surface area (Å²) in [5.41, 5.74) is 4.13. The maximum absolute atomic E-state index is 12.9. The first-order valence-corrected chi connectivity index (χ1v) is 10.4. The Labute approximate surface area is 187 Å². The highest BCUT2D eigenvalue weighted by atomic mass is 16.5. The number of carbonyl (C=O) groups excluding carboxylic acids is 3. The standard InChI is InChI=1S/C26H26N2O4/c1-19-15-20(2)17-21(16-19)27-24(29)18-32-26(31)14-13-25(30)28(22-9-5-3-6-10-22)23-11-7-4-8-12-23/h3-12,15-17H,13-14,18H2,1-2H3,(H,27,29). The highest BCUT2D eigenvalue weighted by Crippen LogP contribution is 2.26. The van der Waals surface area contributed by atoms with Crippen LogP contribution in [-0.4, -0.2) is 24.4 Å². The third kappa shape index (κ3) is 6.54. The second-order valence-electron chi connectivity index (χ2n) is 7.49. The molecule has 6 heteroatoms. The van der Waals surface area contributed by atoms with E-state index >= 15 is 0 Å². The minimum absolute atomic E-state index is 0.0404. The first-order valence-electron chi connectivity index (χ1n) is 10.4. The van der Waals surface area contributed by atoms with Crippen LogP contribution in [0.15, 0.2) is 78.9 Å². The molecule has 6 nitrogen and oxygen atoms in total. The summed E-state index contributed by atoms with van der Waals surface area (Å²) in [6, 6.07) is 24.2. The first-order chi connectivity index (χ1) is 15.4. The van der Waals surface area contributed by atoms with Crippen molar-refractivity contribution in [3.05, 3.63) is 90.0 Å². The number of para-hydroxylation sites is 2. The lowest BCUT2D eigenvalue weighted by molar-refractivity contribution is -0.148. The van der Waals surface area contributed by atoms with Crippen molar-refractivity contribution in [1.82, 2.24) is 0 Å². The van der Waals surface area contributed by atoms with Crippen LogP contribution in [0.4, 0.5) is 17.1 Å². The Morgan fingerprint density at radius 1 is 0.781 bits per heavy atom. The highest BCUT2D eigenvalue weighted by molar-refractivity contribution is 6.01.